The van der Waals surface area contributed by atoms with Crippen molar-refractivity contribution in [2.75, 3.05) is 0 Å². The van der Waals surface area contributed by atoms with Gasteiger partial charge >= 0.3 is 12.3 Å². The molecule has 1 atom stereocenters. The van der Waals surface area contributed by atoms with Gasteiger partial charge in [-0.05, 0) is 6.92 Å². The average molecular weight is 160 g/mol. The zero-order chi connectivity index (χ0) is 8.85. The summed E-state index contributed by atoms with van der Waals surface area (Å²) in [4.78, 5) is 20.1. The van der Waals surface area contributed by atoms with E-state index in [9.17, 15) is 9.59 Å². The van der Waals surface area contributed by atoms with Crippen LogP contribution in [0.1, 0.15) is 6.92 Å². The number of carbonyl (C=O) groups is 2. The predicted molar refractivity (Wildman–Crippen MR) is 35.2 cm³/mol. The van der Waals surface area contributed by atoms with E-state index in [1.54, 1.807) is 0 Å². The van der Waals surface area contributed by atoms with Crippen LogP contribution >= 0.6 is 0 Å². The zero-order valence-electron chi connectivity index (χ0n) is 5.94. The molecule has 0 saturated heterocycles. The largest absolute Gasteiger partial charge is 0.519 e. The van der Waals surface area contributed by atoms with E-state index in [-0.39, 0.29) is 0 Å². The lowest BCUT2D eigenvalue weighted by Crippen LogP contribution is -2.16. The van der Waals surface area contributed by atoms with E-state index < -0.39 is 18.4 Å². The van der Waals surface area contributed by atoms with Crippen LogP contribution in [0.4, 0.5) is 9.59 Å². The molecule has 0 aromatic heterocycles. The number of rotatable bonds is 2. The molecule has 0 aromatic carbocycles. The van der Waals surface area contributed by atoms with Crippen molar-refractivity contribution in [2.24, 2.45) is 0 Å². The molecule has 0 aliphatic rings. The normalized spacial score (nSPS) is 11.4. The van der Waals surface area contributed by atoms with Crippen LogP contribution in [0.25, 0.3) is 0 Å². The van der Waals surface area contributed by atoms with E-state index in [1.165, 1.54) is 13.0 Å². The fourth-order valence-corrected chi connectivity index (χ4v) is 0.295. The topological polar surface area (TPSA) is 72.8 Å². The fraction of sp³-hybridized carbons (Fsp3) is 0.333. The average Bonchev–Trinajstić information content (AvgIpc) is 1.85. The Morgan fingerprint density at radius 1 is 1.64 bits per heavy atom. The maximum Gasteiger partial charge on any atom is 0.519 e. The van der Waals surface area contributed by atoms with Crippen LogP contribution in [0.15, 0.2) is 12.7 Å². The van der Waals surface area contributed by atoms with Crippen LogP contribution in [-0.2, 0) is 9.47 Å². The molecule has 11 heavy (non-hydrogen) atoms. The van der Waals surface area contributed by atoms with Crippen LogP contribution in [0.3, 0.4) is 0 Å². The zero-order valence-corrected chi connectivity index (χ0v) is 5.94. The van der Waals surface area contributed by atoms with Gasteiger partial charge in [-0.3, -0.25) is 0 Å². The minimum Gasteiger partial charge on any atom is -0.449 e. The van der Waals surface area contributed by atoms with Gasteiger partial charge in [-0.2, -0.15) is 0 Å². The molecule has 5 nitrogen and oxygen atoms in total. The van der Waals surface area contributed by atoms with Crippen LogP contribution in [0.2, 0.25) is 0 Å². The maximum atomic E-state index is 10.3. The van der Waals surface area contributed by atoms with Gasteiger partial charge in [0, 0.05) is 0 Å². The first kappa shape index (κ1) is 9.48. The second kappa shape index (κ2) is 4.32. The number of carboxylic acid groups (broad SMARTS) is 1. The summed E-state index contributed by atoms with van der Waals surface area (Å²) in [7, 11) is 0. The summed E-state index contributed by atoms with van der Waals surface area (Å²) in [5.41, 5.74) is 0. The second-order valence-corrected chi connectivity index (χ2v) is 1.68. The number of hydrogen-bond donors (Lipinski definition) is 1. The summed E-state index contributed by atoms with van der Waals surface area (Å²) in [6.45, 7) is 4.84. The van der Waals surface area contributed by atoms with Gasteiger partial charge in [-0.25, -0.2) is 9.59 Å². The van der Waals surface area contributed by atoms with Gasteiger partial charge in [0.15, 0.2) is 0 Å². The Balaban J connectivity index is 3.69. The van der Waals surface area contributed by atoms with Gasteiger partial charge in [0.25, 0.3) is 0 Å². The third-order valence-electron chi connectivity index (χ3n) is 0.785. The van der Waals surface area contributed by atoms with Gasteiger partial charge in [0.2, 0.25) is 0 Å². The Bertz CT molecular complexity index is 174. The molecule has 5 heteroatoms. The maximum absolute atomic E-state index is 10.3. The molecular weight excluding hydrogens is 152 g/mol. The van der Waals surface area contributed by atoms with Crippen LogP contribution < -0.4 is 0 Å². The highest BCUT2D eigenvalue weighted by atomic mass is 16.8. The van der Waals surface area contributed by atoms with Crippen molar-refractivity contribution in [3.05, 3.63) is 12.7 Å². The quantitative estimate of drug-likeness (QED) is 0.375. The first-order valence-corrected chi connectivity index (χ1v) is 2.80. The van der Waals surface area contributed by atoms with E-state index in [4.69, 9.17) is 5.11 Å². The monoisotopic (exact) mass is 160 g/mol. The SMILES string of the molecule is C=CC(C)OC(=O)OC(=O)O. The summed E-state index contributed by atoms with van der Waals surface area (Å²) in [6, 6.07) is 0. The Kier molecular flexibility index (Phi) is 3.72. The summed E-state index contributed by atoms with van der Waals surface area (Å²) in [6.07, 6.45) is -2.15. The molecule has 0 aliphatic carbocycles. The Hall–Kier alpha value is -1.52. The minimum absolute atomic E-state index is 0.554. The molecule has 0 saturated carbocycles. The Labute approximate surface area is 63.2 Å². The van der Waals surface area contributed by atoms with Crippen LogP contribution in [-0.4, -0.2) is 23.5 Å². The highest BCUT2D eigenvalue weighted by molar-refractivity contribution is 5.75. The standard InChI is InChI=1S/C6H8O5/c1-3-4(2)10-6(9)11-5(7)8/h3-4H,1H2,2H3,(H,7,8). The molecule has 0 spiro atoms. The molecule has 1 N–H and O–H groups in total. The Morgan fingerprint density at radius 2 is 2.18 bits per heavy atom. The van der Waals surface area contributed by atoms with E-state index in [0.717, 1.165) is 0 Å². The fourth-order valence-electron chi connectivity index (χ4n) is 0.295. The molecule has 62 valence electrons. The molecule has 0 fully saturated rings. The van der Waals surface area contributed by atoms with Crippen molar-refractivity contribution in [3.8, 4) is 0 Å². The van der Waals surface area contributed by atoms with Gasteiger partial charge in [0.1, 0.15) is 6.10 Å². The second-order valence-electron chi connectivity index (χ2n) is 1.68. The molecule has 0 radical (unpaired) electrons. The highest BCUT2D eigenvalue weighted by Crippen LogP contribution is 1.94. The molecule has 0 heterocycles. The van der Waals surface area contributed by atoms with Crippen molar-refractivity contribution in [2.45, 2.75) is 13.0 Å². The van der Waals surface area contributed by atoms with Crippen LogP contribution in [0.5, 0.6) is 0 Å². The molecule has 1 unspecified atom stereocenters. The van der Waals surface area contributed by atoms with Crippen molar-refractivity contribution >= 4 is 12.3 Å². The van der Waals surface area contributed by atoms with E-state index in [1.807, 2.05) is 0 Å². The lowest BCUT2D eigenvalue weighted by atomic mass is 10.4. The summed E-state index contributed by atoms with van der Waals surface area (Å²) >= 11 is 0. The molecule has 0 aromatic rings. The molecule has 0 rings (SSSR count). The van der Waals surface area contributed by atoms with Crippen LogP contribution in [0, 0.1) is 0 Å². The molecule has 0 aliphatic heterocycles. The van der Waals surface area contributed by atoms with Crippen molar-refractivity contribution < 1.29 is 24.2 Å². The smallest absolute Gasteiger partial charge is 0.449 e. The van der Waals surface area contributed by atoms with E-state index in [0.29, 0.717) is 0 Å². The number of carbonyl (C=O) groups excluding carboxylic acids is 1. The third kappa shape index (κ3) is 4.95. The summed E-state index contributed by atoms with van der Waals surface area (Å²) < 4.78 is 7.98. The summed E-state index contributed by atoms with van der Waals surface area (Å²) in [5.74, 6) is 0. The first-order valence-electron chi connectivity index (χ1n) is 2.80. The number of ether oxygens (including phenoxy) is 2. The lowest BCUT2D eigenvalue weighted by molar-refractivity contribution is 0.0441. The van der Waals surface area contributed by atoms with Gasteiger partial charge in [-0.1, -0.05) is 12.7 Å². The molecule has 0 amide bonds. The van der Waals surface area contributed by atoms with Gasteiger partial charge in [0.05, 0.1) is 0 Å². The first-order chi connectivity index (χ1) is 5.06. The number of hydrogen-bond acceptors (Lipinski definition) is 4. The van der Waals surface area contributed by atoms with Crippen molar-refractivity contribution in [3.63, 3.8) is 0 Å². The Morgan fingerprint density at radius 3 is 2.55 bits per heavy atom. The highest BCUT2D eigenvalue weighted by Gasteiger charge is 2.11. The van der Waals surface area contributed by atoms with E-state index >= 15 is 0 Å². The third-order valence-corrected chi connectivity index (χ3v) is 0.785. The van der Waals surface area contributed by atoms with Gasteiger partial charge in [-0.15, -0.1) is 0 Å². The minimum atomic E-state index is -1.69. The van der Waals surface area contributed by atoms with Gasteiger partial charge < -0.3 is 14.6 Å². The summed E-state index contributed by atoms with van der Waals surface area (Å²) in [5, 5.41) is 7.92. The lowest BCUT2D eigenvalue weighted by Gasteiger charge is -2.05. The van der Waals surface area contributed by atoms with Crippen molar-refractivity contribution in [1.29, 1.82) is 0 Å². The molecular formula is C6H8O5. The molecule has 0 bridgehead atoms. The van der Waals surface area contributed by atoms with E-state index in [2.05, 4.69) is 16.1 Å². The predicted octanol–water partition coefficient (Wildman–Crippen LogP) is 1.39. The van der Waals surface area contributed by atoms with Crippen molar-refractivity contribution in [1.82, 2.24) is 0 Å².